The van der Waals surface area contributed by atoms with Crippen molar-refractivity contribution in [1.82, 2.24) is 10.2 Å². The fourth-order valence-electron chi connectivity index (χ4n) is 3.98. The molecule has 1 spiro atoms. The number of nitrogens with one attached hydrogen (secondary N) is 2. The van der Waals surface area contributed by atoms with E-state index in [-0.39, 0.29) is 0 Å². The van der Waals surface area contributed by atoms with E-state index in [1.807, 2.05) is 30.3 Å². The van der Waals surface area contributed by atoms with Crippen LogP contribution < -0.4 is 10.6 Å². The van der Waals surface area contributed by atoms with E-state index in [0.717, 1.165) is 28.9 Å². The van der Waals surface area contributed by atoms with E-state index < -0.39 is 29.9 Å². The Morgan fingerprint density at radius 1 is 1.18 bits per heavy atom. The third-order valence-electron chi connectivity index (χ3n) is 5.27. The van der Waals surface area contributed by atoms with Crippen LogP contribution in [0.15, 0.2) is 48.5 Å². The average Bonchev–Trinajstić information content (AvgIpc) is 2.93. The molecule has 2 aromatic carbocycles. The lowest BCUT2D eigenvalue weighted by atomic mass is 9.76. The number of benzene rings is 2. The Kier molecular flexibility index (Phi) is 4.32. The third kappa shape index (κ3) is 2.79. The van der Waals surface area contributed by atoms with Gasteiger partial charge in [0.05, 0.1) is 11.3 Å². The van der Waals surface area contributed by atoms with Crippen LogP contribution in [0.25, 0.3) is 0 Å². The SMILES string of the molecule is N#Cc1ccccc1NC(=O)CN1C(=O)N[C@]2(CCCc3ccccc32)C1=O. The number of amides is 4. The van der Waals surface area contributed by atoms with Gasteiger partial charge in [0.2, 0.25) is 5.91 Å². The monoisotopic (exact) mass is 374 g/mol. The summed E-state index contributed by atoms with van der Waals surface area (Å²) in [4.78, 5) is 39.1. The van der Waals surface area contributed by atoms with Crippen molar-refractivity contribution in [1.29, 1.82) is 5.26 Å². The molecule has 1 heterocycles. The average molecular weight is 374 g/mol. The van der Waals surface area contributed by atoms with Gasteiger partial charge >= 0.3 is 6.03 Å². The van der Waals surface area contributed by atoms with Crippen molar-refractivity contribution in [3.8, 4) is 6.07 Å². The highest BCUT2D eigenvalue weighted by atomic mass is 16.2. The molecule has 4 amide bonds. The summed E-state index contributed by atoms with van der Waals surface area (Å²) in [6.45, 7) is -0.408. The van der Waals surface area contributed by atoms with Crippen LogP contribution in [-0.2, 0) is 21.5 Å². The highest BCUT2D eigenvalue weighted by Gasteiger charge is 2.54. The molecule has 7 heteroatoms. The number of nitriles is 1. The summed E-state index contributed by atoms with van der Waals surface area (Å²) < 4.78 is 0. The normalized spacial score (nSPS) is 20.5. The van der Waals surface area contributed by atoms with Crippen LogP contribution in [0, 0.1) is 11.3 Å². The van der Waals surface area contributed by atoms with Crippen molar-refractivity contribution in [3.63, 3.8) is 0 Å². The first kappa shape index (κ1) is 17.7. The molecule has 1 atom stereocenters. The molecule has 4 rings (SSSR count). The summed E-state index contributed by atoms with van der Waals surface area (Å²) in [5, 5.41) is 14.6. The van der Waals surface area contributed by atoms with Gasteiger partial charge in [-0.1, -0.05) is 36.4 Å². The second-order valence-electron chi connectivity index (χ2n) is 6.94. The van der Waals surface area contributed by atoms with E-state index in [1.165, 1.54) is 0 Å². The van der Waals surface area contributed by atoms with Crippen molar-refractivity contribution in [2.24, 2.45) is 0 Å². The highest BCUT2D eigenvalue weighted by molar-refractivity contribution is 6.10. The first-order valence-corrected chi connectivity index (χ1v) is 9.06. The first-order valence-electron chi connectivity index (χ1n) is 9.06. The van der Waals surface area contributed by atoms with Crippen LogP contribution in [-0.4, -0.2) is 29.3 Å². The zero-order chi connectivity index (χ0) is 19.7. The molecular formula is C21H18N4O3. The van der Waals surface area contributed by atoms with E-state index in [0.29, 0.717) is 17.7 Å². The van der Waals surface area contributed by atoms with Gasteiger partial charge in [-0.3, -0.25) is 14.5 Å². The molecule has 0 aromatic heterocycles. The second-order valence-corrected chi connectivity index (χ2v) is 6.94. The number of para-hydroxylation sites is 1. The van der Waals surface area contributed by atoms with Crippen molar-refractivity contribution >= 4 is 23.5 Å². The van der Waals surface area contributed by atoms with Crippen LogP contribution >= 0.6 is 0 Å². The van der Waals surface area contributed by atoms with E-state index in [4.69, 9.17) is 5.26 Å². The molecule has 1 saturated heterocycles. The first-order chi connectivity index (χ1) is 13.5. The minimum Gasteiger partial charge on any atom is -0.323 e. The summed E-state index contributed by atoms with van der Waals surface area (Å²) in [6.07, 6.45) is 2.13. The summed E-state index contributed by atoms with van der Waals surface area (Å²) in [6, 6.07) is 15.6. The van der Waals surface area contributed by atoms with Gasteiger partial charge in [-0.2, -0.15) is 5.26 Å². The molecule has 28 heavy (non-hydrogen) atoms. The maximum atomic E-state index is 13.2. The molecule has 1 aliphatic carbocycles. The van der Waals surface area contributed by atoms with Crippen molar-refractivity contribution in [2.45, 2.75) is 24.8 Å². The Hall–Kier alpha value is -3.66. The van der Waals surface area contributed by atoms with Crippen molar-refractivity contribution < 1.29 is 14.4 Å². The topological polar surface area (TPSA) is 102 Å². The molecule has 1 fully saturated rings. The molecule has 2 aliphatic rings. The number of hydrogen-bond acceptors (Lipinski definition) is 4. The number of nitrogens with zero attached hydrogens (tertiary/aromatic N) is 2. The van der Waals surface area contributed by atoms with Gasteiger partial charge in [-0.25, -0.2) is 4.79 Å². The van der Waals surface area contributed by atoms with E-state index in [1.54, 1.807) is 24.3 Å². The largest absolute Gasteiger partial charge is 0.325 e. The Morgan fingerprint density at radius 2 is 1.93 bits per heavy atom. The van der Waals surface area contributed by atoms with Gasteiger partial charge in [0, 0.05) is 0 Å². The smallest absolute Gasteiger partial charge is 0.323 e. The van der Waals surface area contributed by atoms with Crippen molar-refractivity contribution in [3.05, 3.63) is 65.2 Å². The van der Waals surface area contributed by atoms with Gasteiger partial charge in [0.15, 0.2) is 0 Å². The summed E-state index contributed by atoms with van der Waals surface area (Å²) in [7, 11) is 0. The number of carbonyl (C=O) groups is 3. The lowest BCUT2D eigenvalue weighted by Crippen LogP contribution is -2.47. The number of imide groups is 1. The molecule has 7 nitrogen and oxygen atoms in total. The fourth-order valence-corrected chi connectivity index (χ4v) is 3.98. The molecule has 0 radical (unpaired) electrons. The van der Waals surface area contributed by atoms with Crippen LogP contribution in [0.3, 0.4) is 0 Å². The van der Waals surface area contributed by atoms with Crippen LogP contribution in [0.2, 0.25) is 0 Å². The summed E-state index contributed by atoms with van der Waals surface area (Å²) in [5.41, 5.74) is 1.40. The van der Waals surface area contributed by atoms with E-state index >= 15 is 0 Å². The number of urea groups is 1. The highest BCUT2D eigenvalue weighted by Crippen LogP contribution is 2.39. The number of aryl methyl sites for hydroxylation is 1. The molecule has 2 aromatic rings. The fraction of sp³-hybridized carbons (Fsp3) is 0.238. The van der Waals surface area contributed by atoms with Gasteiger partial charge in [0.25, 0.3) is 5.91 Å². The molecule has 140 valence electrons. The third-order valence-corrected chi connectivity index (χ3v) is 5.27. The lowest BCUT2D eigenvalue weighted by Gasteiger charge is -2.33. The quantitative estimate of drug-likeness (QED) is 0.805. The Morgan fingerprint density at radius 3 is 2.75 bits per heavy atom. The number of anilines is 1. The van der Waals surface area contributed by atoms with Crippen LogP contribution in [0.5, 0.6) is 0 Å². The number of hydrogen-bond donors (Lipinski definition) is 2. The van der Waals surface area contributed by atoms with Gasteiger partial charge in [0.1, 0.15) is 18.2 Å². The standard InChI is InChI=1S/C21H18N4O3/c22-12-15-7-2-4-10-17(15)23-18(26)13-25-19(27)21(24-20(25)28)11-5-8-14-6-1-3-9-16(14)21/h1-4,6-7,9-10H,5,8,11,13H2,(H,23,26)(H,24,28)/t21-/m0/s1. The second kappa shape index (κ2) is 6.82. The number of fused-ring (bicyclic) bond motifs is 2. The Balaban J connectivity index is 1.56. The number of carbonyl (C=O) groups excluding carboxylic acids is 3. The lowest BCUT2D eigenvalue weighted by molar-refractivity contribution is -0.134. The predicted octanol–water partition coefficient (Wildman–Crippen LogP) is 2.28. The number of rotatable bonds is 3. The molecule has 2 N–H and O–H groups in total. The maximum Gasteiger partial charge on any atom is 0.325 e. The molecule has 0 unspecified atom stereocenters. The molecule has 1 aliphatic heterocycles. The zero-order valence-electron chi connectivity index (χ0n) is 15.1. The van der Waals surface area contributed by atoms with E-state index in [2.05, 4.69) is 10.6 Å². The maximum absolute atomic E-state index is 13.2. The zero-order valence-corrected chi connectivity index (χ0v) is 15.1. The van der Waals surface area contributed by atoms with Gasteiger partial charge in [-0.15, -0.1) is 0 Å². The Labute approximate surface area is 161 Å². The van der Waals surface area contributed by atoms with Crippen molar-refractivity contribution in [2.75, 3.05) is 11.9 Å². The minimum atomic E-state index is -1.10. The molecular weight excluding hydrogens is 356 g/mol. The minimum absolute atomic E-state index is 0.311. The van der Waals surface area contributed by atoms with Gasteiger partial charge < -0.3 is 10.6 Å². The Bertz CT molecular complexity index is 1030. The molecule has 0 bridgehead atoms. The summed E-state index contributed by atoms with van der Waals surface area (Å²) >= 11 is 0. The van der Waals surface area contributed by atoms with Gasteiger partial charge in [-0.05, 0) is 42.5 Å². The van der Waals surface area contributed by atoms with Crippen LogP contribution in [0.1, 0.15) is 29.5 Å². The van der Waals surface area contributed by atoms with Crippen LogP contribution in [0.4, 0.5) is 10.5 Å². The molecule has 0 saturated carbocycles. The van der Waals surface area contributed by atoms with E-state index in [9.17, 15) is 14.4 Å². The summed E-state index contributed by atoms with van der Waals surface area (Å²) in [5.74, 6) is -0.944. The predicted molar refractivity (Wildman–Crippen MR) is 101 cm³/mol.